The molecule has 3 rings (SSSR count). The SMILES string of the molecule is CC[Si](CC)(CC)O[C@@H]1[C@H]2CC(C)(C)[C@H]3OC(=O)C(C/C=C\[C@H]1C)[C@@H]23. The smallest absolute Gasteiger partial charge is 0.309 e. The van der Waals surface area contributed by atoms with Gasteiger partial charge in [-0.25, -0.2) is 0 Å². The van der Waals surface area contributed by atoms with Gasteiger partial charge in [0.1, 0.15) is 6.10 Å². The van der Waals surface area contributed by atoms with Crippen LogP contribution < -0.4 is 0 Å². The van der Waals surface area contributed by atoms with Crippen LogP contribution in [0.15, 0.2) is 12.2 Å². The fraction of sp³-hybridized carbons (Fsp3) is 0.857. The highest BCUT2D eigenvalue weighted by Gasteiger charge is 2.61. The van der Waals surface area contributed by atoms with E-state index in [4.69, 9.17) is 9.16 Å². The predicted octanol–water partition coefficient (Wildman–Crippen LogP) is 5.18. The third kappa shape index (κ3) is 3.14. The Labute approximate surface area is 154 Å². The molecule has 2 aliphatic carbocycles. The standard InChI is InChI=1S/C21H36O3Si/c1-7-25(8-2,9-3)24-18-14(4)11-10-12-15-17-16(18)13-21(5,6)19(17)23-20(15)22/h10-11,14-19H,7-9,12-13H2,1-6H3/b11-10-/t14-,15?,16+,17+,18+,19+/m1/s1. The lowest BCUT2D eigenvalue weighted by Crippen LogP contribution is -2.47. The Hall–Kier alpha value is -0.613. The number of esters is 1. The molecule has 4 heteroatoms. The van der Waals surface area contributed by atoms with Crippen LogP contribution >= 0.6 is 0 Å². The van der Waals surface area contributed by atoms with E-state index in [-0.39, 0.29) is 29.5 Å². The summed E-state index contributed by atoms with van der Waals surface area (Å²) in [6.45, 7) is 13.8. The van der Waals surface area contributed by atoms with Gasteiger partial charge in [-0.2, -0.15) is 0 Å². The second-order valence-corrected chi connectivity index (χ2v) is 14.0. The zero-order valence-electron chi connectivity index (χ0n) is 16.9. The van der Waals surface area contributed by atoms with Gasteiger partial charge in [-0.05, 0) is 42.8 Å². The van der Waals surface area contributed by atoms with Crippen molar-refractivity contribution in [3.8, 4) is 0 Å². The molecule has 1 heterocycles. The molecule has 0 spiro atoms. The van der Waals surface area contributed by atoms with Crippen LogP contribution in [0.3, 0.4) is 0 Å². The highest BCUT2D eigenvalue weighted by Crippen LogP contribution is 2.57. The number of carbonyl (C=O) groups is 1. The summed E-state index contributed by atoms with van der Waals surface area (Å²) in [7, 11) is -1.69. The van der Waals surface area contributed by atoms with Gasteiger partial charge in [-0.1, -0.05) is 53.7 Å². The molecule has 142 valence electrons. The highest BCUT2D eigenvalue weighted by atomic mass is 28.4. The van der Waals surface area contributed by atoms with Gasteiger partial charge in [0, 0.05) is 11.3 Å². The van der Waals surface area contributed by atoms with Crippen molar-refractivity contribution in [1.82, 2.24) is 0 Å². The largest absolute Gasteiger partial charge is 0.461 e. The third-order valence-corrected chi connectivity index (χ3v) is 12.1. The molecular weight excluding hydrogens is 328 g/mol. The first-order valence-electron chi connectivity index (χ1n) is 10.3. The fourth-order valence-corrected chi connectivity index (χ4v) is 8.70. The summed E-state index contributed by atoms with van der Waals surface area (Å²) in [6, 6.07) is 3.53. The molecule has 25 heavy (non-hydrogen) atoms. The Balaban J connectivity index is 1.98. The van der Waals surface area contributed by atoms with Crippen molar-refractivity contribution in [3.63, 3.8) is 0 Å². The van der Waals surface area contributed by atoms with Crippen molar-refractivity contribution < 1.29 is 14.0 Å². The number of allylic oxidation sites excluding steroid dienone is 1. The van der Waals surface area contributed by atoms with Crippen molar-refractivity contribution in [1.29, 1.82) is 0 Å². The number of ether oxygens (including phenoxy) is 1. The average Bonchev–Trinajstić information content (AvgIpc) is 3.03. The van der Waals surface area contributed by atoms with Crippen LogP contribution in [-0.4, -0.2) is 26.5 Å². The molecule has 6 atom stereocenters. The maximum atomic E-state index is 12.5. The molecule has 1 saturated heterocycles. The summed E-state index contributed by atoms with van der Waals surface area (Å²) < 4.78 is 13.0. The lowest BCUT2D eigenvalue weighted by atomic mass is 9.75. The van der Waals surface area contributed by atoms with Gasteiger partial charge in [0.15, 0.2) is 8.32 Å². The monoisotopic (exact) mass is 364 g/mol. The molecule has 0 amide bonds. The van der Waals surface area contributed by atoms with Crippen LogP contribution in [0.2, 0.25) is 18.1 Å². The molecule has 0 aromatic carbocycles. The molecule has 2 fully saturated rings. The summed E-state index contributed by atoms with van der Waals surface area (Å²) in [4.78, 5) is 12.5. The maximum absolute atomic E-state index is 12.5. The van der Waals surface area contributed by atoms with E-state index in [1.54, 1.807) is 0 Å². The van der Waals surface area contributed by atoms with E-state index in [2.05, 4.69) is 53.7 Å². The minimum Gasteiger partial charge on any atom is -0.461 e. The van der Waals surface area contributed by atoms with Crippen LogP contribution in [0.25, 0.3) is 0 Å². The summed E-state index contributed by atoms with van der Waals surface area (Å²) in [5.74, 6) is 1.24. The number of rotatable bonds is 5. The molecule has 3 aliphatic rings. The van der Waals surface area contributed by atoms with Crippen molar-refractivity contribution in [2.24, 2.45) is 29.1 Å². The van der Waals surface area contributed by atoms with E-state index in [9.17, 15) is 4.79 Å². The first-order chi connectivity index (χ1) is 11.8. The van der Waals surface area contributed by atoms with Crippen LogP contribution in [-0.2, 0) is 14.0 Å². The van der Waals surface area contributed by atoms with Crippen LogP contribution in [0.1, 0.15) is 54.4 Å². The quantitative estimate of drug-likeness (QED) is 0.383. The second-order valence-electron chi connectivity index (χ2n) is 9.25. The average molecular weight is 365 g/mol. The van der Waals surface area contributed by atoms with Crippen LogP contribution in [0.5, 0.6) is 0 Å². The topological polar surface area (TPSA) is 35.5 Å². The molecule has 0 aromatic heterocycles. The molecule has 1 saturated carbocycles. The summed E-state index contributed by atoms with van der Waals surface area (Å²) in [5.41, 5.74) is 0.0558. The lowest BCUT2D eigenvalue weighted by Gasteiger charge is -2.41. The Kier molecular flexibility index (Phi) is 5.24. The minimum atomic E-state index is -1.69. The van der Waals surface area contributed by atoms with E-state index in [1.165, 1.54) is 18.1 Å². The van der Waals surface area contributed by atoms with Gasteiger partial charge >= 0.3 is 5.97 Å². The normalized spacial score (nSPS) is 41.0. The van der Waals surface area contributed by atoms with Gasteiger partial charge < -0.3 is 9.16 Å². The maximum Gasteiger partial charge on any atom is 0.309 e. The molecule has 1 aliphatic heterocycles. The molecular formula is C21H36O3Si. The molecule has 1 unspecified atom stereocenters. The van der Waals surface area contributed by atoms with Gasteiger partial charge in [0.25, 0.3) is 0 Å². The molecule has 0 bridgehead atoms. The van der Waals surface area contributed by atoms with Crippen molar-refractivity contribution in [2.75, 3.05) is 0 Å². The van der Waals surface area contributed by atoms with E-state index < -0.39 is 8.32 Å². The van der Waals surface area contributed by atoms with Crippen molar-refractivity contribution >= 4 is 14.3 Å². The Morgan fingerprint density at radius 1 is 1.24 bits per heavy atom. The summed E-state index contributed by atoms with van der Waals surface area (Å²) in [5, 5.41) is 0. The highest BCUT2D eigenvalue weighted by molar-refractivity contribution is 6.73. The zero-order valence-corrected chi connectivity index (χ0v) is 17.9. The molecule has 0 radical (unpaired) electrons. The lowest BCUT2D eigenvalue weighted by molar-refractivity contribution is -0.147. The second kappa shape index (κ2) is 6.84. The fourth-order valence-electron chi connectivity index (χ4n) is 5.73. The Morgan fingerprint density at radius 3 is 2.48 bits per heavy atom. The number of hydrogen-bond acceptors (Lipinski definition) is 3. The van der Waals surface area contributed by atoms with Gasteiger partial charge in [0.05, 0.1) is 12.0 Å². The van der Waals surface area contributed by atoms with E-state index >= 15 is 0 Å². The first kappa shape index (κ1) is 19.2. The summed E-state index contributed by atoms with van der Waals surface area (Å²) >= 11 is 0. The summed E-state index contributed by atoms with van der Waals surface area (Å²) in [6.07, 6.45) is 6.75. The molecule has 0 aromatic rings. The number of hydrogen-bond donors (Lipinski definition) is 0. The van der Waals surface area contributed by atoms with Crippen LogP contribution in [0, 0.1) is 29.1 Å². The van der Waals surface area contributed by atoms with Crippen LogP contribution in [0.4, 0.5) is 0 Å². The Bertz CT molecular complexity index is 529. The Morgan fingerprint density at radius 2 is 1.88 bits per heavy atom. The van der Waals surface area contributed by atoms with Crippen molar-refractivity contribution in [2.45, 2.75) is 84.7 Å². The van der Waals surface area contributed by atoms with E-state index in [1.807, 2.05) is 0 Å². The van der Waals surface area contributed by atoms with E-state index in [0.29, 0.717) is 17.8 Å². The molecule has 3 nitrogen and oxygen atoms in total. The van der Waals surface area contributed by atoms with Gasteiger partial charge in [-0.3, -0.25) is 4.79 Å². The zero-order chi connectivity index (χ0) is 18.4. The van der Waals surface area contributed by atoms with E-state index in [0.717, 1.165) is 12.8 Å². The third-order valence-electron chi connectivity index (χ3n) is 7.48. The first-order valence-corrected chi connectivity index (χ1v) is 12.9. The minimum absolute atomic E-state index is 0.0238. The number of carbonyl (C=O) groups excluding carboxylic acids is 1. The van der Waals surface area contributed by atoms with Gasteiger partial charge in [-0.15, -0.1) is 0 Å². The van der Waals surface area contributed by atoms with Crippen molar-refractivity contribution in [3.05, 3.63) is 12.2 Å². The predicted molar refractivity (Wildman–Crippen MR) is 104 cm³/mol. The van der Waals surface area contributed by atoms with Gasteiger partial charge in [0.2, 0.25) is 0 Å². The molecule has 0 N–H and O–H groups in total.